The van der Waals surface area contributed by atoms with Gasteiger partial charge in [-0.3, -0.25) is 9.59 Å². The molecule has 1 aromatic rings. The summed E-state index contributed by atoms with van der Waals surface area (Å²) < 4.78 is 0.547. The van der Waals surface area contributed by atoms with E-state index in [0.29, 0.717) is 29.1 Å². The number of carboxylic acids is 1. The van der Waals surface area contributed by atoms with Crippen LogP contribution >= 0.6 is 15.9 Å². The first kappa shape index (κ1) is 15.0. The highest BCUT2D eigenvalue weighted by Gasteiger charge is 2.42. The molecule has 0 radical (unpaired) electrons. The van der Waals surface area contributed by atoms with Crippen LogP contribution in [0.25, 0.3) is 0 Å². The fourth-order valence-corrected chi connectivity index (χ4v) is 3.09. The molecule has 1 saturated carbocycles. The maximum absolute atomic E-state index is 12.3. The van der Waals surface area contributed by atoms with Gasteiger partial charge in [0, 0.05) is 6.20 Å². The summed E-state index contributed by atoms with van der Waals surface area (Å²) in [5.74, 6) is -1.86. The van der Waals surface area contributed by atoms with Crippen LogP contribution in [0.4, 0.5) is 5.69 Å². The molecule has 20 heavy (non-hydrogen) atoms. The molecular weight excluding hydrogens is 324 g/mol. The Bertz CT molecular complexity index is 521. The zero-order valence-electron chi connectivity index (χ0n) is 11.2. The van der Waals surface area contributed by atoms with Gasteiger partial charge in [-0.2, -0.15) is 0 Å². The van der Waals surface area contributed by atoms with Gasteiger partial charge in [0.2, 0.25) is 5.91 Å². The molecule has 0 spiro atoms. The average Bonchev–Trinajstić information content (AvgIpc) is 2.86. The normalized spacial score (nSPS) is 25.4. The van der Waals surface area contributed by atoms with E-state index in [2.05, 4.69) is 26.2 Å². The Morgan fingerprint density at radius 3 is 2.75 bits per heavy atom. The molecule has 2 rings (SSSR count). The van der Waals surface area contributed by atoms with Crippen LogP contribution in [-0.4, -0.2) is 22.0 Å². The molecule has 1 aliphatic rings. The maximum atomic E-state index is 12.3. The van der Waals surface area contributed by atoms with Crippen molar-refractivity contribution in [2.75, 3.05) is 5.32 Å². The lowest BCUT2D eigenvalue weighted by Gasteiger charge is -2.15. The molecule has 1 fully saturated rings. The zero-order valence-corrected chi connectivity index (χ0v) is 12.8. The number of aliphatic carboxylic acids is 1. The second-order valence-electron chi connectivity index (χ2n) is 5.13. The number of hydrogen-bond donors (Lipinski definition) is 2. The summed E-state index contributed by atoms with van der Waals surface area (Å²) >= 11 is 3.26. The molecule has 0 bridgehead atoms. The lowest BCUT2D eigenvalue weighted by Crippen LogP contribution is -2.30. The number of hydrogen-bond acceptors (Lipinski definition) is 3. The van der Waals surface area contributed by atoms with Crippen LogP contribution in [-0.2, 0) is 9.59 Å². The summed E-state index contributed by atoms with van der Waals surface area (Å²) in [5, 5.41) is 12.0. The first-order chi connectivity index (χ1) is 9.52. The predicted molar refractivity (Wildman–Crippen MR) is 78.2 cm³/mol. The number of rotatable bonds is 4. The van der Waals surface area contributed by atoms with E-state index in [1.807, 2.05) is 6.92 Å². The van der Waals surface area contributed by atoms with Crippen LogP contribution in [0.15, 0.2) is 22.9 Å². The van der Waals surface area contributed by atoms with Gasteiger partial charge < -0.3 is 10.4 Å². The van der Waals surface area contributed by atoms with Crippen molar-refractivity contribution in [3.05, 3.63) is 22.9 Å². The van der Waals surface area contributed by atoms with E-state index < -0.39 is 17.8 Å². The number of nitrogens with zero attached hydrogens (tertiary/aromatic N) is 1. The number of aromatic nitrogens is 1. The first-order valence-corrected chi connectivity index (χ1v) is 7.46. The van der Waals surface area contributed by atoms with Crippen LogP contribution in [0.3, 0.4) is 0 Å². The number of halogens is 1. The third-order valence-corrected chi connectivity index (χ3v) is 4.54. The Morgan fingerprint density at radius 1 is 1.45 bits per heavy atom. The maximum Gasteiger partial charge on any atom is 0.307 e. The summed E-state index contributed by atoms with van der Waals surface area (Å²) in [5.41, 5.74) is 0.571. The Hall–Kier alpha value is -1.43. The number of nitrogens with one attached hydrogen (secondary N) is 1. The number of anilines is 1. The number of carboxylic acid groups (broad SMARTS) is 1. The van der Waals surface area contributed by atoms with E-state index >= 15 is 0 Å². The minimum Gasteiger partial charge on any atom is -0.481 e. The molecule has 0 aromatic carbocycles. The molecule has 1 aliphatic carbocycles. The Morgan fingerprint density at radius 2 is 2.15 bits per heavy atom. The highest BCUT2D eigenvalue weighted by molar-refractivity contribution is 9.10. The second-order valence-corrected chi connectivity index (χ2v) is 5.88. The summed E-state index contributed by atoms with van der Waals surface area (Å²) in [6.45, 7) is 2.03. The molecular formula is C14H17BrN2O3. The van der Waals surface area contributed by atoms with Crippen LogP contribution in [0.1, 0.15) is 26.2 Å². The van der Waals surface area contributed by atoms with E-state index in [1.165, 1.54) is 0 Å². The monoisotopic (exact) mass is 340 g/mol. The van der Waals surface area contributed by atoms with Gasteiger partial charge >= 0.3 is 5.97 Å². The first-order valence-electron chi connectivity index (χ1n) is 6.67. The van der Waals surface area contributed by atoms with Crippen molar-refractivity contribution in [1.82, 2.24) is 4.98 Å². The van der Waals surface area contributed by atoms with Crippen LogP contribution in [0, 0.1) is 17.8 Å². The van der Waals surface area contributed by atoms with Crippen molar-refractivity contribution in [3.8, 4) is 0 Å². The van der Waals surface area contributed by atoms with E-state index in [0.717, 1.165) is 6.42 Å². The minimum atomic E-state index is -0.883. The lowest BCUT2D eigenvalue weighted by molar-refractivity contribution is -0.145. The number of carbonyl (C=O) groups is 2. The van der Waals surface area contributed by atoms with E-state index in [-0.39, 0.29) is 5.91 Å². The number of amides is 1. The van der Waals surface area contributed by atoms with Gasteiger partial charge in [-0.25, -0.2) is 4.98 Å². The smallest absolute Gasteiger partial charge is 0.307 e. The molecule has 1 aromatic heterocycles. The van der Waals surface area contributed by atoms with Crippen molar-refractivity contribution in [3.63, 3.8) is 0 Å². The van der Waals surface area contributed by atoms with Gasteiger partial charge in [0.05, 0.1) is 17.5 Å². The third kappa shape index (κ3) is 3.17. The van der Waals surface area contributed by atoms with Crippen molar-refractivity contribution in [2.45, 2.75) is 26.2 Å². The van der Waals surface area contributed by atoms with Crippen molar-refractivity contribution >= 4 is 33.5 Å². The Labute approximate surface area is 125 Å². The molecule has 108 valence electrons. The molecule has 0 saturated heterocycles. The van der Waals surface area contributed by atoms with Crippen LogP contribution in [0.2, 0.25) is 0 Å². The molecule has 1 unspecified atom stereocenters. The topological polar surface area (TPSA) is 79.3 Å². The number of pyridine rings is 1. The molecule has 1 heterocycles. The highest BCUT2D eigenvalue weighted by atomic mass is 79.9. The van der Waals surface area contributed by atoms with Gasteiger partial charge in [0.25, 0.3) is 0 Å². The van der Waals surface area contributed by atoms with Crippen LogP contribution in [0.5, 0.6) is 0 Å². The van der Waals surface area contributed by atoms with E-state index in [1.54, 1.807) is 18.3 Å². The summed E-state index contributed by atoms with van der Waals surface area (Å²) in [6.07, 6.45) is 3.74. The minimum absolute atomic E-state index is 0.234. The zero-order chi connectivity index (χ0) is 14.7. The fraction of sp³-hybridized carbons (Fsp3) is 0.500. The molecule has 3 atom stereocenters. The van der Waals surface area contributed by atoms with Gasteiger partial charge in [0.15, 0.2) is 0 Å². The van der Waals surface area contributed by atoms with Crippen molar-refractivity contribution < 1.29 is 14.7 Å². The summed E-state index contributed by atoms with van der Waals surface area (Å²) in [6, 6.07) is 3.45. The summed E-state index contributed by atoms with van der Waals surface area (Å²) in [4.78, 5) is 27.6. The molecule has 0 aliphatic heterocycles. The van der Waals surface area contributed by atoms with Crippen LogP contribution < -0.4 is 5.32 Å². The van der Waals surface area contributed by atoms with E-state index in [4.69, 9.17) is 0 Å². The van der Waals surface area contributed by atoms with Gasteiger partial charge in [0.1, 0.15) is 4.60 Å². The van der Waals surface area contributed by atoms with Gasteiger partial charge in [-0.05, 0) is 46.8 Å². The average molecular weight is 341 g/mol. The van der Waals surface area contributed by atoms with Crippen molar-refractivity contribution in [2.24, 2.45) is 17.8 Å². The quantitative estimate of drug-likeness (QED) is 0.826. The largest absolute Gasteiger partial charge is 0.481 e. The lowest BCUT2D eigenvalue weighted by atomic mass is 9.95. The molecule has 1 amide bonds. The fourth-order valence-electron chi connectivity index (χ4n) is 2.74. The highest BCUT2D eigenvalue weighted by Crippen LogP contribution is 2.39. The molecule has 6 heteroatoms. The Balaban J connectivity index is 2.11. The third-order valence-electron chi connectivity index (χ3n) is 3.91. The molecule has 2 N–H and O–H groups in total. The van der Waals surface area contributed by atoms with Gasteiger partial charge in [-0.1, -0.05) is 13.3 Å². The summed E-state index contributed by atoms with van der Waals surface area (Å²) in [7, 11) is 0. The Kier molecular flexibility index (Phi) is 4.75. The van der Waals surface area contributed by atoms with Crippen molar-refractivity contribution in [1.29, 1.82) is 0 Å². The SMILES string of the molecule is CCC1C[C@H](C(=O)Nc2cccnc2Br)[C@H](C(=O)O)C1. The molecule has 5 nitrogen and oxygen atoms in total. The van der Waals surface area contributed by atoms with Gasteiger partial charge in [-0.15, -0.1) is 0 Å². The second kappa shape index (κ2) is 6.35. The number of carbonyl (C=O) groups excluding carboxylic acids is 1. The van der Waals surface area contributed by atoms with E-state index in [9.17, 15) is 14.7 Å². The predicted octanol–water partition coefficient (Wildman–Crippen LogP) is 2.92. The standard InChI is InChI=1S/C14H17BrN2O3/c1-2-8-6-9(10(7-8)14(19)20)13(18)17-11-4-3-5-16-12(11)15/h3-5,8-10H,2,6-7H2,1H3,(H,17,18)(H,19,20)/t8?,9-,10+/m0/s1.